The zero-order valence-electron chi connectivity index (χ0n) is 17.7. The smallest absolute Gasteiger partial charge is 0.295 e. The van der Waals surface area contributed by atoms with Gasteiger partial charge >= 0.3 is 0 Å². The summed E-state index contributed by atoms with van der Waals surface area (Å²) in [5.41, 5.74) is 5.56. The molecule has 156 valence electrons. The van der Waals surface area contributed by atoms with Crippen LogP contribution in [0, 0.1) is 19.7 Å². The quantitative estimate of drug-likeness (QED) is 0.469. The van der Waals surface area contributed by atoms with E-state index in [0.29, 0.717) is 17.1 Å². The van der Waals surface area contributed by atoms with Crippen LogP contribution in [0.1, 0.15) is 34.2 Å². The van der Waals surface area contributed by atoms with Crippen LogP contribution in [0.3, 0.4) is 0 Å². The molecule has 1 aromatic heterocycles. The average Bonchev–Trinajstić information content (AvgIpc) is 3.22. The molecule has 0 spiro atoms. The molecule has 4 aromatic rings. The normalized spacial score (nSPS) is 10.8. The summed E-state index contributed by atoms with van der Waals surface area (Å²) in [5.74, 6) is -0.239. The minimum atomic E-state index is -0.407. The Labute approximate surface area is 180 Å². The Morgan fingerprint density at radius 1 is 0.968 bits per heavy atom. The third-order valence-electron chi connectivity index (χ3n) is 5.27. The highest BCUT2D eigenvalue weighted by molar-refractivity contribution is 6.01. The summed E-state index contributed by atoms with van der Waals surface area (Å²) < 4.78 is 15.1. The van der Waals surface area contributed by atoms with Gasteiger partial charge in [-0.15, -0.1) is 5.10 Å². The van der Waals surface area contributed by atoms with Crippen molar-refractivity contribution >= 4 is 11.6 Å². The molecule has 1 heterocycles. The Morgan fingerprint density at radius 3 is 2.32 bits per heavy atom. The summed E-state index contributed by atoms with van der Waals surface area (Å²) in [5, 5.41) is 7.32. The third kappa shape index (κ3) is 4.38. The Kier molecular flexibility index (Phi) is 5.62. The van der Waals surface area contributed by atoms with Gasteiger partial charge in [0, 0.05) is 11.3 Å². The number of aromatic nitrogens is 3. The maximum Gasteiger partial charge on any atom is 0.295 e. The van der Waals surface area contributed by atoms with E-state index in [2.05, 4.69) is 22.3 Å². The first-order valence-electron chi connectivity index (χ1n) is 10.2. The van der Waals surface area contributed by atoms with E-state index in [1.165, 1.54) is 17.7 Å². The molecule has 31 heavy (non-hydrogen) atoms. The van der Waals surface area contributed by atoms with Gasteiger partial charge in [0.15, 0.2) is 5.82 Å². The van der Waals surface area contributed by atoms with E-state index in [-0.39, 0.29) is 11.6 Å². The summed E-state index contributed by atoms with van der Waals surface area (Å²) in [4.78, 5) is 17.3. The average molecular weight is 414 g/mol. The second-order valence-corrected chi connectivity index (χ2v) is 7.45. The molecule has 0 saturated carbocycles. The lowest BCUT2D eigenvalue weighted by molar-refractivity contribution is 0.101. The number of anilines is 1. The summed E-state index contributed by atoms with van der Waals surface area (Å²) in [6.07, 6.45) is 0.928. The van der Waals surface area contributed by atoms with Crippen molar-refractivity contribution in [2.24, 2.45) is 0 Å². The van der Waals surface area contributed by atoms with Crippen molar-refractivity contribution in [2.75, 3.05) is 5.32 Å². The van der Waals surface area contributed by atoms with Crippen molar-refractivity contribution in [1.29, 1.82) is 0 Å². The number of halogens is 1. The topological polar surface area (TPSA) is 59.8 Å². The number of aryl methyl sites for hydroxylation is 3. The van der Waals surface area contributed by atoms with E-state index < -0.39 is 5.91 Å². The Morgan fingerprint density at radius 2 is 1.68 bits per heavy atom. The second kappa shape index (κ2) is 8.52. The molecule has 6 heteroatoms. The summed E-state index contributed by atoms with van der Waals surface area (Å²) in [6, 6.07) is 19.6. The standard InChI is InChI=1S/C25H23FN4O/c1-4-18-6-12-21(13-7-18)27-25(31)23-28-24(19-8-10-20(26)11-9-19)30(29-23)22-14-5-16(2)17(3)15-22/h5-15H,4H2,1-3H3,(H,27,31). The van der Waals surface area contributed by atoms with Gasteiger partial charge in [-0.1, -0.05) is 25.1 Å². The van der Waals surface area contributed by atoms with Gasteiger partial charge in [0.05, 0.1) is 5.69 Å². The van der Waals surface area contributed by atoms with Crippen LogP contribution >= 0.6 is 0 Å². The van der Waals surface area contributed by atoms with Crippen LogP contribution in [0.4, 0.5) is 10.1 Å². The van der Waals surface area contributed by atoms with E-state index in [9.17, 15) is 9.18 Å². The zero-order valence-corrected chi connectivity index (χ0v) is 17.7. The van der Waals surface area contributed by atoms with Crippen LogP contribution in [0.2, 0.25) is 0 Å². The summed E-state index contributed by atoms with van der Waals surface area (Å²) >= 11 is 0. The number of benzene rings is 3. The van der Waals surface area contributed by atoms with Crippen molar-refractivity contribution < 1.29 is 9.18 Å². The Bertz CT molecular complexity index is 1230. The molecule has 0 aliphatic rings. The molecule has 0 fully saturated rings. The lowest BCUT2D eigenvalue weighted by Crippen LogP contribution is -2.14. The van der Waals surface area contributed by atoms with Gasteiger partial charge < -0.3 is 5.32 Å². The zero-order chi connectivity index (χ0) is 22.0. The monoisotopic (exact) mass is 414 g/mol. The minimum Gasteiger partial charge on any atom is -0.319 e. The maximum absolute atomic E-state index is 13.4. The number of carbonyl (C=O) groups excluding carboxylic acids is 1. The highest BCUT2D eigenvalue weighted by Crippen LogP contribution is 2.23. The first kappa shape index (κ1) is 20.5. The predicted molar refractivity (Wildman–Crippen MR) is 120 cm³/mol. The van der Waals surface area contributed by atoms with Gasteiger partial charge in [-0.05, 0) is 85.5 Å². The van der Waals surface area contributed by atoms with E-state index in [1.54, 1.807) is 16.8 Å². The number of nitrogens with one attached hydrogen (secondary N) is 1. The number of hydrogen-bond donors (Lipinski definition) is 1. The molecule has 1 N–H and O–H groups in total. The predicted octanol–water partition coefficient (Wildman–Crippen LogP) is 5.50. The number of nitrogens with zero attached hydrogens (tertiary/aromatic N) is 3. The van der Waals surface area contributed by atoms with Gasteiger partial charge in [-0.3, -0.25) is 4.79 Å². The molecule has 0 atom stereocenters. The number of carbonyl (C=O) groups is 1. The van der Waals surface area contributed by atoms with E-state index in [4.69, 9.17) is 0 Å². The third-order valence-corrected chi connectivity index (χ3v) is 5.27. The van der Waals surface area contributed by atoms with Gasteiger partial charge in [0.2, 0.25) is 5.82 Å². The molecule has 4 rings (SSSR count). The van der Waals surface area contributed by atoms with E-state index in [1.807, 2.05) is 56.3 Å². The van der Waals surface area contributed by atoms with Crippen LogP contribution in [0.5, 0.6) is 0 Å². The van der Waals surface area contributed by atoms with Crippen molar-refractivity contribution in [3.8, 4) is 17.1 Å². The van der Waals surface area contributed by atoms with E-state index >= 15 is 0 Å². The highest BCUT2D eigenvalue weighted by Gasteiger charge is 2.19. The molecule has 0 bridgehead atoms. The van der Waals surface area contributed by atoms with Gasteiger partial charge in [-0.25, -0.2) is 14.1 Å². The molecule has 0 unspecified atom stereocenters. The van der Waals surface area contributed by atoms with Gasteiger partial charge in [0.1, 0.15) is 5.82 Å². The molecule has 3 aromatic carbocycles. The van der Waals surface area contributed by atoms with Crippen LogP contribution < -0.4 is 5.32 Å². The largest absolute Gasteiger partial charge is 0.319 e. The van der Waals surface area contributed by atoms with E-state index in [0.717, 1.165) is 23.2 Å². The fraction of sp³-hybridized carbons (Fsp3) is 0.160. The summed E-state index contributed by atoms with van der Waals surface area (Å²) in [6.45, 7) is 6.12. The molecule has 0 aliphatic heterocycles. The van der Waals surface area contributed by atoms with Crippen molar-refractivity contribution in [3.63, 3.8) is 0 Å². The molecule has 1 amide bonds. The highest BCUT2D eigenvalue weighted by atomic mass is 19.1. The molecule has 5 nitrogen and oxygen atoms in total. The second-order valence-electron chi connectivity index (χ2n) is 7.45. The number of rotatable bonds is 5. The molecule has 0 aliphatic carbocycles. The van der Waals surface area contributed by atoms with Crippen LogP contribution in [0.15, 0.2) is 66.7 Å². The lowest BCUT2D eigenvalue weighted by Gasteiger charge is -2.08. The van der Waals surface area contributed by atoms with Crippen LogP contribution in [-0.2, 0) is 6.42 Å². The fourth-order valence-corrected chi connectivity index (χ4v) is 3.24. The maximum atomic E-state index is 13.4. The molecular formula is C25H23FN4O. The van der Waals surface area contributed by atoms with Crippen LogP contribution in [-0.4, -0.2) is 20.7 Å². The Balaban J connectivity index is 1.73. The minimum absolute atomic E-state index is 0.0390. The van der Waals surface area contributed by atoms with Gasteiger partial charge in [-0.2, -0.15) is 0 Å². The first-order chi connectivity index (χ1) is 14.9. The number of hydrogen-bond acceptors (Lipinski definition) is 3. The van der Waals surface area contributed by atoms with Crippen molar-refractivity contribution in [3.05, 3.63) is 95.1 Å². The number of amides is 1. The first-order valence-corrected chi connectivity index (χ1v) is 10.2. The SMILES string of the molecule is CCc1ccc(NC(=O)c2nc(-c3ccc(F)cc3)n(-c3ccc(C)c(C)c3)n2)cc1. The van der Waals surface area contributed by atoms with Crippen molar-refractivity contribution in [2.45, 2.75) is 27.2 Å². The molecule has 0 radical (unpaired) electrons. The Hall–Kier alpha value is -3.80. The van der Waals surface area contributed by atoms with Crippen LogP contribution in [0.25, 0.3) is 17.1 Å². The summed E-state index contributed by atoms with van der Waals surface area (Å²) in [7, 11) is 0. The molecule has 0 saturated heterocycles. The molecular weight excluding hydrogens is 391 g/mol. The van der Waals surface area contributed by atoms with Crippen molar-refractivity contribution in [1.82, 2.24) is 14.8 Å². The van der Waals surface area contributed by atoms with Gasteiger partial charge in [0.25, 0.3) is 5.91 Å². The fourth-order valence-electron chi connectivity index (χ4n) is 3.24. The lowest BCUT2D eigenvalue weighted by atomic mass is 10.1.